The minimum Gasteiger partial charge on any atom is -0.455 e. The lowest BCUT2D eigenvalue weighted by molar-refractivity contribution is 0.670. The summed E-state index contributed by atoms with van der Waals surface area (Å²) in [5.41, 5.74) is 14.5. The number of rotatable bonds is 7. The van der Waals surface area contributed by atoms with Crippen LogP contribution in [0.1, 0.15) is 0 Å². The third-order valence-electron chi connectivity index (χ3n) is 11.5. The Balaban J connectivity index is 0.979. The molecule has 0 saturated carbocycles. The number of hydrogen-bond donors (Lipinski definition) is 0. The van der Waals surface area contributed by atoms with Crippen molar-refractivity contribution in [1.29, 1.82) is 0 Å². The van der Waals surface area contributed by atoms with Gasteiger partial charge in [-0.1, -0.05) is 170 Å². The molecule has 10 aromatic carbocycles. The van der Waals surface area contributed by atoms with Gasteiger partial charge in [-0.15, -0.1) is 0 Å². The van der Waals surface area contributed by atoms with E-state index in [1.165, 1.54) is 43.8 Å². The molecule has 2 heteroatoms. The summed E-state index contributed by atoms with van der Waals surface area (Å²) >= 11 is 0. The number of fused-ring (bicyclic) bond motifs is 6. The fourth-order valence-corrected chi connectivity index (χ4v) is 8.52. The first kappa shape index (κ1) is 33.6. The second-order valence-corrected chi connectivity index (χ2v) is 14.9. The zero-order valence-corrected chi connectivity index (χ0v) is 31.7. The summed E-state index contributed by atoms with van der Waals surface area (Å²) in [5.74, 6) is 0. The highest BCUT2D eigenvalue weighted by Crippen LogP contribution is 2.41. The first-order valence-electron chi connectivity index (χ1n) is 19.8. The molecular weight excluding hydrogens is 703 g/mol. The summed E-state index contributed by atoms with van der Waals surface area (Å²) in [5, 5.41) is 7.23. The number of furan rings is 1. The fraction of sp³-hybridized carbons (Fsp3) is 0. The molecule has 0 bridgehead atoms. The number of benzene rings is 10. The van der Waals surface area contributed by atoms with Crippen molar-refractivity contribution >= 4 is 60.5 Å². The van der Waals surface area contributed by atoms with Gasteiger partial charge < -0.3 is 9.32 Å². The van der Waals surface area contributed by atoms with Gasteiger partial charge in [-0.25, -0.2) is 0 Å². The summed E-state index contributed by atoms with van der Waals surface area (Å²) in [7, 11) is 0. The number of nitrogens with zero attached hydrogens (tertiary/aromatic N) is 1. The maximum Gasteiger partial charge on any atom is 0.143 e. The van der Waals surface area contributed by atoms with Crippen LogP contribution in [0.3, 0.4) is 0 Å². The van der Waals surface area contributed by atoms with E-state index in [1.807, 2.05) is 6.07 Å². The second kappa shape index (κ2) is 14.1. The van der Waals surface area contributed by atoms with Crippen LogP contribution in [-0.4, -0.2) is 0 Å². The first-order chi connectivity index (χ1) is 28.7. The van der Waals surface area contributed by atoms with Crippen LogP contribution in [0, 0.1) is 0 Å². The molecule has 11 rings (SSSR count). The first-order valence-corrected chi connectivity index (χ1v) is 19.8. The molecule has 0 N–H and O–H groups in total. The zero-order chi connectivity index (χ0) is 38.4. The Morgan fingerprint density at radius 3 is 1.52 bits per heavy atom. The number of para-hydroxylation sites is 1. The maximum atomic E-state index is 6.49. The third kappa shape index (κ3) is 6.00. The lowest BCUT2D eigenvalue weighted by Crippen LogP contribution is -2.09. The van der Waals surface area contributed by atoms with Gasteiger partial charge in [0.15, 0.2) is 0 Å². The molecule has 2 nitrogen and oxygen atoms in total. The Bertz CT molecular complexity index is 3250. The Hall–Kier alpha value is -7.68. The van der Waals surface area contributed by atoms with Crippen molar-refractivity contribution < 1.29 is 4.42 Å². The van der Waals surface area contributed by atoms with Gasteiger partial charge in [0.1, 0.15) is 11.2 Å². The average molecular weight is 740 g/mol. The molecule has 0 fully saturated rings. The smallest absolute Gasteiger partial charge is 0.143 e. The predicted octanol–water partition coefficient (Wildman–Crippen LogP) is 16.0. The van der Waals surface area contributed by atoms with Crippen LogP contribution in [-0.2, 0) is 0 Å². The lowest BCUT2D eigenvalue weighted by atomic mass is 9.98. The molecule has 1 aromatic heterocycles. The van der Waals surface area contributed by atoms with Gasteiger partial charge in [-0.3, -0.25) is 0 Å². The summed E-state index contributed by atoms with van der Waals surface area (Å²) in [6, 6.07) is 80.6. The molecule has 11 aromatic rings. The highest BCUT2D eigenvalue weighted by molar-refractivity contribution is 6.11. The molecule has 0 radical (unpaired) electrons. The van der Waals surface area contributed by atoms with Crippen LogP contribution in [0.25, 0.3) is 88.0 Å². The van der Waals surface area contributed by atoms with E-state index >= 15 is 0 Å². The average Bonchev–Trinajstić information content (AvgIpc) is 3.68. The molecule has 0 spiro atoms. The van der Waals surface area contributed by atoms with E-state index in [4.69, 9.17) is 4.42 Å². The van der Waals surface area contributed by atoms with E-state index < -0.39 is 0 Å². The molecule has 1 heterocycles. The normalized spacial score (nSPS) is 11.4. The van der Waals surface area contributed by atoms with E-state index in [1.54, 1.807) is 0 Å². The standard InChI is InChI=1S/C56H37NO/c1-3-11-38(12-4-1)43-16-9-17-44(35-43)39-23-28-47(29-24-39)57(49-32-33-51-46(36-49)22-21-42-15-7-8-18-50(42)51)48-30-25-40(26-31-48)45-27-34-55-54(37-45)53-20-10-19-52(56(53)58-55)41-13-5-2-6-14-41/h1-37H. The van der Waals surface area contributed by atoms with Crippen LogP contribution in [0.15, 0.2) is 229 Å². The number of anilines is 3. The molecule has 0 aliphatic carbocycles. The van der Waals surface area contributed by atoms with Gasteiger partial charge in [-0.2, -0.15) is 0 Å². The van der Waals surface area contributed by atoms with Crippen LogP contribution < -0.4 is 4.90 Å². The summed E-state index contributed by atoms with van der Waals surface area (Å²) in [6.45, 7) is 0. The van der Waals surface area contributed by atoms with Crippen LogP contribution in [0.2, 0.25) is 0 Å². The molecule has 0 aliphatic rings. The van der Waals surface area contributed by atoms with Crippen molar-refractivity contribution in [3.8, 4) is 44.5 Å². The van der Waals surface area contributed by atoms with Crippen LogP contribution >= 0.6 is 0 Å². The second-order valence-electron chi connectivity index (χ2n) is 14.9. The van der Waals surface area contributed by atoms with Gasteiger partial charge in [0.25, 0.3) is 0 Å². The quantitative estimate of drug-likeness (QED) is 0.151. The van der Waals surface area contributed by atoms with Crippen LogP contribution in [0.4, 0.5) is 17.1 Å². The van der Waals surface area contributed by atoms with Crippen molar-refractivity contribution in [2.24, 2.45) is 0 Å². The summed E-state index contributed by atoms with van der Waals surface area (Å²) in [6.07, 6.45) is 0. The predicted molar refractivity (Wildman–Crippen MR) is 245 cm³/mol. The Morgan fingerprint density at radius 2 is 0.793 bits per heavy atom. The fourth-order valence-electron chi connectivity index (χ4n) is 8.52. The SMILES string of the molecule is c1ccc(-c2cccc(-c3ccc(N(c4ccc(-c5ccc6oc7c(-c8ccccc8)cccc7c6c5)cc4)c4ccc5c(ccc6ccccc65)c4)cc3)c2)cc1. The zero-order valence-electron chi connectivity index (χ0n) is 31.7. The molecule has 0 saturated heterocycles. The molecule has 272 valence electrons. The summed E-state index contributed by atoms with van der Waals surface area (Å²) in [4.78, 5) is 2.36. The van der Waals surface area contributed by atoms with Crippen molar-refractivity contribution in [3.05, 3.63) is 224 Å². The van der Waals surface area contributed by atoms with Crippen molar-refractivity contribution in [1.82, 2.24) is 0 Å². The Kier molecular flexibility index (Phi) is 8.19. The highest BCUT2D eigenvalue weighted by Gasteiger charge is 2.17. The molecule has 58 heavy (non-hydrogen) atoms. The molecule has 0 unspecified atom stereocenters. The third-order valence-corrected chi connectivity index (χ3v) is 11.5. The monoisotopic (exact) mass is 739 g/mol. The molecule has 0 amide bonds. The van der Waals surface area contributed by atoms with Crippen molar-refractivity contribution in [3.63, 3.8) is 0 Å². The Labute approximate surface area is 337 Å². The van der Waals surface area contributed by atoms with Gasteiger partial charge in [-0.05, 0) is 115 Å². The van der Waals surface area contributed by atoms with Gasteiger partial charge in [0.05, 0.1) is 0 Å². The van der Waals surface area contributed by atoms with Gasteiger partial charge in [0.2, 0.25) is 0 Å². The largest absolute Gasteiger partial charge is 0.455 e. The van der Waals surface area contributed by atoms with Crippen molar-refractivity contribution in [2.45, 2.75) is 0 Å². The maximum absolute atomic E-state index is 6.49. The van der Waals surface area contributed by atoms with Crippen LogP contribution in [0.5, 0.6) is 0 Å². The minimum atomic E-state index is 0.893. The molecular formula is C56H37NO. The van der Waals surface area contributed by atoms with E-state index in [2.05, 4.69) is 223 Å². The number of hydrogen-bond acceptors (Lipinski definition) is 2. The molecule has 0 aliphatic heterocycles. The van der Waals surface area contributed by atoms with E-state index in [9.17, 15) is 0 Å². The molecule has 0 atom stereocenters. The highest BCUT2D eigenvalue weighted by atomic mass is 16.3. The minimum absolute atomic E-state index is 0.893. The topological polar surface area (TPSA) is 16.4 Å². The van der Waals surface area contributed by atoms with Gasteiger partial charge in [0, 0.05) is 33.4 Å². The van der Waals surface area contributed by atoms with E-state index in [0.717, 1.165) is 61.3 Å². The Morgan fingerprint density at radius 1 is 0.276 bits per heavy atom. The van der Waals surface area contributed by atoms with E-state index in [0.29, 0.717) is 0 Å². The van der Waals surface area contributed by atoms with Gasteiger partial charge >= 0.3 is 0 Å². The summed E-state index contributed by atoms with van der Waals surface area (Å²) < 4.78 is 6.49. The lowest BCUT2D eigenvalue weighted by Gasteiger charge is -2.26. The van der Waals surface area contributed by atoms with Crippen molar-refractivity contribution in [2.75, 3.05) is 4.90 Å². The van der Waals surface area contributed by atoms with E-state index in [-0.39, 0.29) is 0 Å².